The van der Waals surface area contributed by atoms with E-state index < -0.39 is 28.0 Å². The fraction of sp³-hybridized carbons (Fsp3) is 0.273. The van der Waals surface area contributed by atoms with Gasteiger partial charge >= 0.3 is 5.97 Å². The Hall–Kier alpha value is -2.51. The Morgan fingerprint density at radius 1 is 1.47 bits per heavy atom. The molecule has 1 aliphatic rings. The van der Waals surface area contributed by atoms with Crippen LogP contribution in [0.4, 0.5) is 15.8 Å². The first kappa shape index (κ1) is 12.9. The number of rotatable bonds is 3. The standard InChI is InChI=1S/C11H9FN2O5/c12-10-7(11(16)17)4-6(14(18)19)5-8(10)13-3-1-2-9(13)15/h4-5H,1-3H2,(H,16,17). The fourth-order valence-corrected chi connectivity index (χ4v) is 1.95. The highest BCUT2D eigenvalue weighted by Crippen LogP contribution is 2.31. The molecule has 1 amide bonds. The van der Waals surface area contributed by atoms with Crippen LogP contribution >= 0.6 is 0 Å². The van der Waals surface area contributed by atoms with Gasteiger partial charge in [-0.15, -0.1) is 0 Å². The highest BCUT2D eigenvalue weighted by atomic mass is 19.1. The van der Waals surface area contributed by atoms with Crippen LogP contribution in [-0.4, -0.2) is 28.5 Å². The van der Waals surface area contributed by atoms with Crippen LogP contribution in [0.3, 0.4) is 0 Å². The SMILES string of the molecule is O=C(O)c1cc([N+](=O)[O-])cc(N2CCCC2=O)c1F. The molecule has 1 saturated heterocycles. The molecular weight excluding hydrogens is 259 g/mol. The zero-order chi connectivity index (χ0) is 14.2. The summed E-state index contributed by atoms with van der Waals surface area (Å²) in [6.07, 6.45) is 0.716. The van der Waals surface area contributed by atoms with E-state index in [0.717, 1.165) is 11.0 Å². The Morgan fingerprint density at radius 2 is 2.16 bits per heavy atom. The van der Waals surface area contributed by atoms with Crippen molar-refractivity contribution in [2.45, 2.75) is 12.8 Å². The number of amides is 1. The summed E-state index contributed by atoms with van der Waals surface area (Å²) >= 11 is 0. The van der Waals surface area contributed by atoms with Crippen LogP contribution in [0.25, 0.3) is 0 Å². The van der Waals surface area contributed by atoms with Gasteiger partial charge in [-0.3, -0.25) is 14.9 Å². The lowest BCUT2D eigenvalue weighted by molar-refractivity contribution is -0.384. The van der Waals surface area contributed by atoms with E-state index in [9.17, 15) is 24.1 Å². The minimum Gasteiger partial charge on any atom is -0.478 e. The molecule has 2 rings (SSSR count). The summed E-state index contributed by atoms with van der Waals surface area (Å²) in [6, 6.07) is 1.52. The predicted molar refractivity (Wildman–Crippen MR) is 61.6 cm³/mol. The first-order valence-corrected chi connectivity index (χ1v) is 5.43. The van der Waals surface area contributed by atoms with Gasteiger partial charge in [0.25, 0.3) is 5.69 Å². The number of nitro groups is 1. The van der Waals surface area contributed by atoms with E-state index >= 15 is 0 Å². The van der Waals surface area contributed by atoms with Gasteiger partial charge in [0.15, 0.2) is 5.82 Å². The van der Waals surface area contributed by atoms with Gasteiger partial charge in [-0.05, 0) is 6.42 Å². The van der Waals surface area contributed by atoms with Gasteiger partial charge in [-0.25, -0.2) is 9.18 Å². The summed E-state index contributed by atoms with van der Waals surface area (Å²) in [6.45, 7) is 0.218. The zero-order valence-corrected chi connectivity index (χ0v) is 9.63. The van der Waals surface area contributed by atoms with Crippen LogP contribution in [0.5, 0.6) is 0 Å². The summed E-state index contributed by atoms with van der Waals surface area (Å²) < 4.78 is 14.0. The molecule has 0 radical (unpaired) electrons. The number of benzene rings is 1. The molecular formula is C11H9FN2O5. The first-order valence-electron chi connectivity index (χ1n) is 5.43. The molecule has 100 valence electrons. The highest BCUT2D eigenvalue weighted by molar-refractivity contribution is 5.98. The maximum atomic E-state index is 14.0. The van der Waals surface area contributed by atoms with Gasteiger partial charge in [-0.1, -0.05) is 0 Å². The summed E-state index contributed by atoms with van der Waals surface area (Å²) in [5.41, 5.74) is -1.73. The minimum atomic E-state index is -1.62. The van der Waals surface area contributed by atoms with Crippen molar-refractivity contribution in [1.82, 2.24) is 0 Å². The average Bonchev–Trinajstić information content (AvgIpc) is 2.75. The normalized spacial score (nSPS) is 14.8. The number of carbonyl (C=O) groups excluding carboxylic acids is 1. The lowest BCUT2D eigenvalue weighted by Gasteiger charge is -2.17. The van der Waals surface area contributed by atoms with Crippen molar-refractivity contribution < 1.29 is 24.0 Å². The van der Waals surface area contributed by atoms with E-state index in [4.69, 9.17) is 5.11 Å². The number of carboxylic acids is 1. The van der Waals surface area contributed by atoms with Gasteiger partial charge in [0.05, 0.1) is 10.6 Å². The number of hydrogen-bond acceptors (Lipinski definition) is 4. The fourth-order valence-electron chi connectivity index (χ4n) is 1.95. The minimum absolute atomic E-state index is 0.213. The van der Waals surface area contributed by atoms with Gasteiger partial charge in [0, 0.05) is 25.1 Å². The quantitative estimate of drug-likeness (QED) is 0.662. The molecule has 1 fully saturated rings. The number of hydrogen-bond donors (Lipinski definition) is 1. The monoisotopic (exact) mass is 268 g/mol. The second-order valence-corrected chi connectivity index (χ2v) is 4.04. The van der Waals surface area contributed by atoms with Crippen molar-refractivity contribution in [2.75, 3.05) is 11.4 Å². The molecule has 7 nitrogen and oxygen atoms in total. The van der Waals surface area contributed by atoms with Crippen LogP contribution in [0.1, 0.15) is 23.2 Å². The van der Waals surface area contributed by atoms with Crippen molar-refractivity contribution in [3.05, 3.63) is 33.6 Å². The van der Waals surface area contributed by atoms with E-state index in [2.05, 4.69) is 0 Å². The maximum absolute atomic E-state index is 14.0. The molecule has 1 aliphatic heterocycles. The van der Waals surface area contributed by atoms with Crippen molar-refractivity contribution >= 4 is 23.3 Å². The summed E-state index contributed by atoms with van der Waals surface area (Å²) in [7, 11) is 0. The molecule has 0 atom stereocenters. The molecule has 8 heteroatoms. The molecule has 1 heterocycles. The lowest BCUT2D eigenvalue weighted by atomic mass is 10.1. The number of halogens is 1. The van der Waals surface area contributed by atoms with Crippen LogP contribution in [0.2, 0.25) is 0 Å². The Balaban J connectivity index is 2.61. The first-order chi connectivity index (χ1) is 8.91. The Labute approximate surface area is 106 Å². The van der Waals surface area contributed by atoms with Crippen LogP contribution in [0, 0.1) is 15.9 Å². The number of non-ortho nitro benzene ring substituents is 1. The summed E-state index contributed by atoms with van der Waals surface area (Å²) in [5.74, 6) is -3.13. The molecule has 0 spiro atoms. The van der Waals surface area contributed by atoms with Gasteiger partial charge in [-0.2, -0.15) is 0 Å². The molecule has 1 N–H and O–H groups in total. The maximum Gasteiger partial charge on any atom is 0.339 e. The second-order valence-electron chi connectivity index (χ2n) is 4.04. The van der Waals surface area contributed by atoms with E-state index in [0.29, 0.717) is 12.5 Å². The Morgan fingerprint density at radius 3 is 2.63 bits per heavy atom. The van der Waals surface area contributed by atoms with Crippen molar-refractivity contribution in [3.8, 4) is 0 Å². The molecule has 1 aromatic rings. The third kappa shape index (κ3) is 2.24. The van der Waals surface area contributed by atoms with Crippen LogP contribution in [-0.2, 0) is 4.79 Å². The number of carboxylic acid groups (broad SMARTS) is 1. The van der Waals surface area contributed by atoms with E-state index in [-0.39, 0.29) is 24.6 Å². The van der Waals surface area contributed by atoms with Crippen molar-refractivity contribution in [2.24, 2.45) is 0 Å². The van der Waals surface area contributed by atoms with Crippen molar-refractivity contribution in [1.29, 1.82) is 0 Å². The molecule has 19 heavy (non-hydrogen) atoms. The Bertz CT molecular complexity index is 587. The van der Waals surface area contributed by atoms with E-state index in [1.54, 1.807) is 0 Å². The molecule has 0 aliphatic carbocycles. The summed E-state index contributed by atoms with van der Waals surface area (Å²) in [5, 5.41) is 19.6. The third-order valence-electron chi connectivity index (χ3n) is 2.84. The van der Waals surface area contributed by atoms with E-state index in [1.165, 1.54) is 0 Å². The highest BCUT2D eigenvalue weighted by Gasteiger charge is 2.29. The molecule has 1 aromatic carbocycles. The topological polar surface area (TPSA) is 101 Å². The molecule has 0 unspecified atom stereocenters. The smallest absolute Gasteiger partial charge is 0.339 e. The van der Waals surface area contributed by atoms with Gasteiger partial charge in [0.2, 0.25) is 5.91 Å². The predicted octanol–water partition coefficient (Wildman–Crippen LogP) is 1.56. The number of aromatic carboxylic acids is 1. The molecule has 0 aromatic heterocycles. The number of nitrogens with zero attached hydrogens (tertiary/aromatic N) is 2. The number of nitro benzene ring substituents is 1. The second kappa shape index (κ2) is 4.63. The molecule has 0 bridgehead atoms. The zero-order valence-electron chi connectivity index (χ0n) is 9.63. The van der Waals surface area contributed by atoms with E-state index in [1.807, 2.05) is 0 Å². The molecule has 0 saturated carbocycles. The lowest BCUT2D eigenvalue weighted by Crippen LogP contribution is -2.25. The van der Waals surface area contributed by atoms with Crippen LogP contribution < -0.4 is 4.90 Å². The number of carbonyl (C=O) groups is 2. The Kier molecular flexibility index (Phi) is 3.16. The average molecular weight is 268 g/mol. The number of anilines is 1. The largest absolute Gasteiger partial charge is 0.478 e. The van der Waals surface area contributed by atoms with Crippen molar-refractivity contribution in [3.63, 3.8) is 0 Å². The van der Waals surface area contributed by atoms with Gasteiger partial charge < -0.3 is 10.0 Å². The third-order valence-corrected chi connectivity index (χ3v) is 2.84. The van der Waals surface area contributed by atoms with Crippen LogP contribution in [0.15, 0.2) is 12.1 Å². The summed E-state index contributed by atoms with van der Waals surface area (Å²) in [4.78, 5) is 33.3. The van der Waals surface area contributed by atoms with Gasteiger partial charge in [0.1, 0.15) is 5.56 Å².